The molecule has 0 aliphatic rings. The van der Waals surface area contributed by atoms with Gasteiger partial charge < -0.3 is 14.8 Å². The number of pyridine rings is 1. The zero-order valence-corrected chi connectivity index (χ0v) is 14.8. The monoisotopic (exact) mass is 379 g/mol. The molecule has 0 bridgehead atoms. The predicted molar refractivity (Wildman–Crippen MR) is 103 cm³/mol. The number of carbonyl (C=O) groups is 1. The molecule has 1 amide bonds. The summed E-state index contributed by atoms with van der Waals surface area (Å²) in [5.74, 6) is 0.0470. The van der Waals surface area contributed by atoms with Crippen LogP contribution in [0, 0.1) is 0 Å². The number of nitrogens with zero attached hydrogens (tertiary/aromatic N) is 2. The number of rotatable bonds is 4. The Labute approximate surface area is 159 Å². The number of carbonyl (C=O) groups excluding carboxylic acids is 1. The average molecular weight is 380 g/mol. The fourth-order valence-corrected chi connectivity index (χ4v) is 2.80. The third-order valence-electron chi connectivity index (χ3n) is 3.98. The van der Waals surface area contributed by atoms with Crippen molar-refractivity contribution in [2.24, 2.45) is 0 Å². The molecule has 0 aliphatic heterocycles. The summed E-state index contributed by atoms with van der Waals surface area (Å²) < 4.78 is 5.64. The van der Waals surface area contributed by atoms with Crippen molar-refractivity contribution < 1.29 is 14.3 Å². The second-order valence-corrected chi connectivity index (χ2v) is 6.38. The first kappa shape index (κ1) is 17.1. The zero-order valence-electron chi connectivity index (χ0n) is 14.0. The van der Waals surface area contributed by atoms with Crippen LogP contribution in [0.15, 0.2) is 65.3 Å². The fraction of sp³-hybridized carbons (Fsp3) is 0.0500. The van der Waals surface area contributed by atoms with Crippen LogP contribution in [-0.4, -0.2) is 21.0 Å². The number of halogens is 1. The quantitative estimate of drug-likeness (QED) is 0.547. The van der Waals surface area contributed by atoms with E-state index < -0.39 is 0 Å². The highest BCUT2D eigenvalue weighted by atomic mass is 35.5. The van der Waals surface area contributed by atoms with E-state index in [4.69, 9.17) is 16.0 Å². The van der Waals surface area contributed by atoms with Gasteiger partial charge in [-0.05, 0) is 29.8 Å². The van der Waals surface area contributed by atoms with Gasteiger partial charge in [0.05, 0.1) is 18.2 Å². The average Bonchev–Trinajstić information content (AvgIpc) is 3.07. The van der Waals surface area contributed by atoms with Gasteiger partial charge in [0.25, 0.3) is 0 Å². The van der Waals surface area contributed by atoms with Crippen LogP contribution in [0.4, 0.5) is 5.69 Å². The van der Waals surface area contributed by atoms with Crippen molar-refractivity contribution in [3.63, 3.8) is 0 Å². The summed E-state index contributed by atoms with van der Waals surface area (Å²) in [6, 6.07) is 13.6. The molecule has 7 heteroatoms. The van der Waals surface area contributed by atoms with E-state index >= 15 is 0 Å². The van der Waals surface area contributed by atoms with Crippen molar-refractivity contribution >= 4 is 34.3 Å². The van der Waals surface area contributed by atoms with Crippen LogP contribution in [0.1, 0.15) is 5.56 Å². The van der Waals surface area contributed by atoms with E-state index in [1.54, 1.807) is 54.9 Å². The van der Waals surface area contributed by atoms with Crippen molar-refractivity contribution in [3.05, 3.63) is 71.5 Å². The van der Waals surface area contributed by atoms with E-state index in [1.165, 1.54) is 6.07 Å². The Morgan fingerprint density at radius 2 is 1.96 bits per heavy atom. The third kappa shape index (κ3) is 3.75. The molecule has 4 rings (SSSR count). The van der Waals surface area contributed by atoms with Gasteiger partial charge >= 0.3 is 0 Å². The van der Waals surface area contributed by atoms with E-state index in [1.807, 2.05) is 0 Å². The van der Waals surface area contributed by atoms with Crippen molar-refractivity contribution in [1.29, 1.82) is 0 Å². The van der Waals surface area contributed by atoms with Crippen LogP contribution in [0.5, 0.6) is 5.75 Å². The lowest BCUT2D eigenvalue weighted by atomic mass is 10.1. The Balaban J connectivity index is 1.51. The standard InChI is InChI=1S/C20H14ClN3O3/c21-13-3-1-12(2-4-13)9-19(26)23-14-5-6-15(17(25)10-14)20-24-16-11-22-8-7-18(16)27-20/h1-8,10-11,25H,9H2,(H,23,26). The minimum atomic E-state index is -0.197. The molecule has 6 nitrogen and oxygen atoms in total. The first-order chi connectivity index (χ1) is 13.1. The molecule has 0 saturated carbocycles. The Bertz CT molecular complexity index is 1090. The molecule has 0 radical (unpaired) electrons. The van der Waals surface area contributed by atoms with E-state index in [0.717, 1.165) is 5.56 Å². The van der Waals surface area contributed by atoms with E-state index in [0.29, 0.717) is 27.4 Å². The van der Waals surface area contributed by atoms with Crippen LogP contribution >= 0.6 is 11.6 Å². The topological polar surface area (TPSA) is 88.3 Å². The van der Waals surface area contributed by atoms with Crippen LogP contribution in [0.2, 0.25) is 5.02 Å². The summed E-state index contributed by atoms with van der Waals surface area (Å²) in [6.45, 7) is 0. The maximum absolute atomic E-state index is 12.2. The molecule has 2 aromatic heterocycles. The first-order valence-corrected chi connectivity index (χ1v) is 8.54. The van der Waals surface area contributed by atoms with Crippen LogP contribution < -0.4 is 5.32 Å². The number of aromatic nitrogens is 2. The van der Waals surface area contributed by atoms with E-state index in [-0.39, 0.29) is 24.0 Å². The molecule has 0 fully saturated rings. The molecule has 2 aromatic carbocycles. The van der Waals surface area contributed by atoms with Gasteiger partial charge in [-0.2, -0.15) is 0 Å². The largest absolute Gasteiger partial charge is 0.507 e. The normalized spacial score (nSPS) is 10.9. The SMILES string of the molecule is O=C(Cc1ccc(Cl)cc1)Nc1ccc(-c2nc3cnccc3o2)c(O)c1. The number of anilines is 1. The lowest BCUT2D eigenvalue weighted by Gasteiger charge is -2.07. The number of aromatic hydroxyl groups is 1. The molecular formula is C20H14ClN3O3. The van der Waals surface area contributed by atoms with Crippen molar-refractivity contribution in [2.75, 3.05) is 5.32 Å². The molecule has 134 valence electrons. The number of amides is 1. The van der Waals surface area contributed by atoms with Gasteiger partial charge in [-0.15, -0.1) is 0 Å². The van der Waals surface area contributed by atoms with Gasteiger partial charge in [-0.1, -0.05) is 23.7 Å². The van der Waals surface area contributed by atoms with Crippen LogP contribution in [0.25, 0.3) is 22.6 Å². The molecule has 27 heavy (non-hydrogen) atoms. The summed E-state index contributed by atoms with van der Waals surface area (Å²) >= 11 is 5.84. The van der Waals surface area contributed by atoms with Crippen molar-refractivity contribution in [3.8, 4) is 17.2 Å². The number of oxazole rings is 1. The van der Waals surface area contributed by atoms with Gasteiger partial charge in [-0.25, -0.2) is 4.98 Å². The van der Waals surface area contributed by atoms with Crippen molar-refractivity contribution in [1.82, 2.24) is 9.97 Å². The molecule has 2 heterocycles. The predicted octanol–water partition coefficient (Wildman–Crippen LogP) is 4.43. The Kier molecular flexibility index (Phi) is 4.48. The number of fused-ring (bicyclic) bond motifs is 1. The van der Waals surface area contributed by atoms with Crippen LogP contribution in [-0.2, 0) is 11.2 Å². The highest BCUT2D eigenvalue weighted by Gasteiger charge is 2.13. The zero-order chi connectivity index (χ0) is 18.8. The summed E-state index contributed by atoms with van der Waals surface area (Å²) in [4.78, 5) is 20.5. The minimum Gasteiger partial charge on any atom is -0.507 e. The van der Waals surface area contributed by atoms with Gasteiger partial charge in [0.1, 0.15) is 11.3 Å². The lowest BCUT2D eigenvalue weighted by Crippen LogP contribution is -2.14. The first-order valence-electron chi connectivity index (χ1n) is 8.17. The number of phenols is 1. The smallest absolute Gasteiger partial charge is 0.231 e. The molecule has 4 aromatic rings. The summed E-state index contributed by atoms with van der Waals surface area (Å²) in [5.41, 5.74) is 2.94. The van der Waals surface area contributed by atoms with E-state index in [9.17, 15) is 9.90 Å². The molecule has 0 atom stereocenters. The van der Waals surface area contributed by atoms with E-state index in [2.05, 4.69) is 15.3 Å². The maximum atomic E-state index is 12.2. The summed E-state index contributed by atoms with van der Waals surface area (Å²) in [6.07, 6.45) is 3.40. The summed E-state index contributed by atoms with van der Waals surface area (Å²) in [5, 5.41) is 13.7. The molecule has 2 N–H and O–H groups in total. The number of benzene rings is 2. The summed E-state index contributed by atoms with van der Waals surface area (Å²) in [7, 11) is 0. The number of hydrogen-bond acceptors (Lipinski definition) is 5. The molecular weight excluding hydrogens is 366 g/mol. The van der Waals surface area contributed by atoms with Crippen LogP contribution in [0.3, 0.4) is 0 Å². The van der Waals surface area contributed by atoms with Gasteiger partial charge in [0.2, 0.25) is 11.8 Å². The van der Waals surface area contributed by atoms with Gasteiger partial charge in [-0.3, -0.25) is 9.78 Å². The van der Waals surface area contributed by atoms with Gasteiger partial charge in [0, 0.05) is 29.0 Å². The highest BCUT2D eigenvalue weighted by Crippen LogP contribution is 2.32. The number of phenolic OH excluding ortho intramolecular Hbond substituents is 1. The molecule has 0 saturated heterocycles. The highest BCUT2D eigenvalue weighted by molar-refractivity contribution is 6.30. The number of nitrogens with one attached hydrogen (secondary N) is 1. The number of hydrogen-bond donors (Lipinski definition) is 2. The Morgan fingerprint density at radius 1 is 1.15 bits per heavy atom. The second-order valence-electron chi connectivity index (χ2n) is 5.95. The van der Waals surface area contributed by atoms with Gasteiger partial charge in [0.15, 0.2) is 5.58 Å². The Morgan fingerprint density at radius 3 is 2.70 bits per heavy atom. The third-order valence-corrected chi connectivity index (χ3v) is 4.23. The fourth-order valence-electron chi connectivity index (χ4n) is 2.68. The molecule has 0 unspecified atom stereocenters. The second kappa shape index (κ2) is 7.09. The lowest BCUT2D eigenvalue weighted by molar-refractivity contribution is -0.115. The Hall–Kier alpha value is -3.38. The minimum absolute atomic E-state index is 0.0428. The molecule has 0 aliphatic carbocycles. The molecule has 0 spiro atoms. The maximum Gasteiger partial charge on any atom is 0.231 e. The van der Waals surface area contributed by atoms with Crippen molar-refractivity contribution in [2.45, 2.75) is 6.42 Å².